The van der Waals surface area contributed by atoms with Crippen molar-refractivity contribution >= 4 is 40.0 Å². The number of hydrogen-bond acceptors (Lipinski definition) is 5. The Morgan fingerprint density at radius 2 is 1.93 bits per heavy atom. The molecule has 0 saturated carbocycles. The van der Waals surface area contributed by atoms with E-state index < -0.39 is 36.4 Å². The van der Waals surface area contributed by atoms with Crippen molar-refractivity contribution in [1.82, 2.24) is 9.88 Å². The Labute approximate surface area is 177 Å². The average Bonchev–Trinajstić information content (AvgIpc) is 3.12. The lowest BCUT2D eigenvalue weighted by Gasteiger charge is -2.36. The number of amides is 1. The van der Waals surface area contributed by atoms with Crippen LogP contribution in [0.2, 0.25) is 0 Å². The topological polar surface area (TPSA) is 51.7 Å². The molecule has 30 heavy (non-hydrogen) atoms. The van der Waals surface area contributed by atoms with E-state index in [9.17, 15) is 18.0 Å². The minimum atomic E-state index is -4.43. The van der Waals surface area contributed by atoms with Crippen molar-refractivity contribution in [3.8, 4) is 0 Å². The molecule has 1 unspecified atom stereocenters. The third kappa shape index (κ3) is 3.73. The van der Waals surface area contributed by atoms with Crippen LogP contribution in [0.5, 0.6) is 0 Å². The molecule has 2 saturated heterocycles. The van der Waals surface area contributed by atoms with Gasteiger partial charge >= 0.3 is 13.3 Å². The predicted octanol–water partition coefficient (Wildman–Crippen LogP) is 4.04. The Bertz CT molecular complexity index is 960. The molecule has 2 aliphatic rings. The molecule has 0 radical (unpaired) electrons. The Kier molecular flexibility index (Phi) is 5.18. The van der Waals surface area contributed by atoms with Gasteiger partial charge in [0, 0.05) is 23.0 Å². The molecule has 0 spiro atoms. The summed E-state index contributed by atoms with van der Waals surface area (Å²) in [5.41, 5.74) is 0.448. The van der Waals surface area contributed by atoms with E-state index in [1.165, 1.54) is 11.3 Å². The van der Waals surface area contributed by atoms with E-state index in [2.05, 4.69) is 4.98 Å². The smallest absolute Gasteiger partial charge is 0.399 e. The SMILES string of the molecule is CC1(C)OB(c2ccnc3cc(CN4C(=O)CCCC4C(F)(F)F)sc23)OC1(C)C. The molecular weight excluding hydrogens is 416 g/mol. The number of carbonyl (C=O) groups excluding carboxylic acids is 1. The third-order valence-corrected chi connectivity index (χ3v) is 7.43. The third-order valence-electron chi connectivity index (χ3n) is 6.27. The summed E-state index contributed by atoms with van der Waals surface area (Å²) in [7, 11) is -0.591. The lowest BCUT2D eigenvalue weighted by Crippen LogP contribution is -2.50. The van der Waals surface area contributed by atoms with E-state index in [0.29, 0.717) is 10.4 Å². The number of aromatic nitrogens is 1. The number of carbonyl (C=O) groups is 1. The highest BCUT2D eigenvalue weighted by molar-refractivity contribution is 7.20. The predicted molar refractivity (Wildman–Crippen MR) is 110 cm³/mol. The molecule has 10 heteroatoms. The zero-order valence-electron chi connectivity index (χ0n) is 17.4. The van der Waals surface area contributed by atoms with Crippen LogP contribution < -0.4 is 5.46 Å². The summed E-state index contributed by atoms with van der Waals surface area (Å²) in [6.07, 6.45) is -2.44. The minimum Gasteiger partial charge on any atom is -0.399 e. The standard InChI is InChI=1S/C20H24BF3N2O3S/c1-18(2)19(3,4)29-21(28-18)13-8-9-25-14-10-12(30-17(13)14)11-26-15(20(22,23)24)6-5-7-16(26)27/h8-10,15H,5-7,11H2,1-4H3. The van der Waals surface area contributed by atoms with Crippen molar-refractivity contribution in [3.63, 3.8) is 0 Å². The van der Waals surface area contributed by atoms with Crippen molar-refractivity contribution in [2.75, 3.05) is 0 Å². The number of hydrogen-bond donors (Lipinski definition) is 0. The Morgan fingerprint density at radius 3 is 2.57 bits per heavy atom. The highest BCUT2D eigenvalue weighted by Gasteiger charge is 2.52. The first-order chi connectivity index (χ1) is 13.9. The number of rotatable bonds is 3. The van der Waals surface area contributed by atoms with Crippen LogP contribution >= 0.6 is 11.3 Å². The molecule has 0 N–H and O–H groups in total. The van der Waals surface area contributed by atoms with E-state index >= 15 is 0 Å². The van der Waals surface area contributed by atoms with Crippen molar-refractivity contribution < 1.29 is 27.3 Å². The van der Waals surface area contributed by atoms with E-state index in [1.807, 2.05) is 33.8 Å². The Balaban J connectivity index is 1.65. The molecule has 1 atom stereocenters. The van der Waals surface area contributed by atoms with Crippen molar-refractivity contribution in [1.29, 1.82) is 0 Å². The van der Waals surface area contributed by atoms with Crippen LogP contribution in [-0.2, 0) is 20.6 Å². The minimum absolute atomic E-state index is 0.0580. The number of nitrogens with zero attached hydrogens (tertiary/aromatic N) is 2. The van der Waals surface area contributed by atoms with Gasteiger partial charge in [0.25, 0.3) is 0 Å². The van der Waals surface area contributed by atoms with Crippen LogP contribution in [0.15, 0.2) is 18.3 Å². The van der Waals surface area contributed by atoms with Crippen LogP contribution in [0.4, 0.5) is 13.2 Å². The number of fused-ring (bicyclic) bond motifs is 1. The lowest BCUT2D eigenvalue weighted by atomic mass is 9.79. The number of halogens is 3. The van der Waals surface area contributed by atoms with Gasteiger partial charge in [-0.2, -0.15) is 13.2 Å². The fourth-order valence-electron chi connectivity index (χ4n) is 3.87. The van der Waals surface area contributed by atoms with Gasteiger partial charge in [-0.15, -0.1) is 11.3 Å². The van der Waals surface area contributed by atoms with Gasteiger partial charge in [0.15, 0.2) is 0 Å². The fraction of sp³-hybridized carbons (Fsp3) is 0.600. The molecule has 0 aliphatic carbocycles. The maximum Gasteiger partial charge on any atom is 0.496 e. The molecule has 4 heterocycles. The summed E-state index contributed by atoms with van der Waals surface area (Å²) >= 11 is 1.34. The zero-order valence-corrected chi connectivity index (χ0v) is 18.2. The van der Waals surface area contributed by atoms with E-state index in [-0.39, 0.29) is 25.8 Å². The second-order valence-electron chi connectivity index (χ2n) is 8.89. The van der Waals surface area contributed by atoms with Crippen LogP contribution in [0.1, 0.15) is 51.8 Å². The number of pyridine rings is 1. The highest BCUT2D eigenvalue weighted by atomic mass is 32.1. The van der Waals surface area contributed by atoms with E-state index in [0.717, 1.165) is 15.1 Å². The number of likely N-dealkylation sites (tertiary alicyclic amines) is 1. The maximum atomic E-state index is 13.5. The quantitative estimate of drug-likeness (QED) is 0.677. The molecule has 162 valence electrons. The molecule has 5 nitrogen and oxygen atoms in total. The Hall–Kier alpha value is -1.65. The largest absolute Gasteiger partial charge is 0.496 e. The molecule has 0 bridgehead atoms. The van der Waals surface area contributed by atoms with Gasteiger partial charge in [-0.25, -0.2) is 0 Å². The van der Waals surface area contributed by atoms with Gasteiger partial charge in [0.1, 0.15) is 6.04 Å². The molecule has 0 aromatic carbocycles. The lowest BCUT2D eigenvalue weighted by molar-refractivity contribution is -0.197. The normalized spacial score (nSPS) is 24.1. The second-order valence-corrected chi connectivity index (χ2v) is 10.0. The molecule has 2 fully saturated rings. The fourth-order valence-corrected chi connectivity index (χ4v) is 5.00. The highest BCUT2D eigenvalue weighted by Crippen LogP contribution is 2.38. The number of piperidine rings is 1. The van der Waals surface area contributed by atoms with Crippen molar-refractivity contribution in [2.24, 2.45) is 0 Å². The average molecular weight is 440 g/mol. The van der Waals surface area contributed by atoms with Crippen LogP contribution in [0.25, 0.3) is 10.2 Å². The van der Waals surface area contributed by atoms with Crippen LogP contribution in [0, 0.1) is 0 Å². The maximum absolute atomic E-state index is 13.5. The summed E-state index contributed by atoms with van der Waals surface area (Å²) in [6.45, 7) is 7.77. The van der Waals surface area contributed by atoms with Gasteiger partial charge in [-0.3, -0.25) is 9.78 Å². The number of thiophene rings is 1. The summed E-state index contributed by atoms with van der Waals surface area (Å²) < 4.78 is 53.4. The Morgan fingerprint density at radius 1 is 1.27 bits per heavy atom. The molecular formula is C20H24BF3N2O3S. The van der Waals surface area contributed by atoms with E-state index in [4.69, 9.17) is 9.31 Å². The van der Waals surface area contributed by atoms with Gasteiger partial charge < -0.3 is 14.2 Å². The summed E-state index contributed by atoms with van der Waals surface area (Å²) in [6, 6.07) is 1.83. The van der Waals surface area contributed by atoms with Gasteiger partial charge in [-0.1, -0.05) is 0 Å². The van der Waals surface area contributed by atoms with Crippen molar-refractivity contribution in [2.45, 2.75) is 76.9 Å². The van der Waals surface area contributed by atoms with Crippen molar-refractivity contribution in [3.05, 3.63) is 23.2 Å². The van der Waals surface area contributed by atoms with Gasteiger partial charge in [0.05, 0.1) is 28.0 Å². The summed E-state index contributed by atoms with van der Waals surface area (Å²) in [4.78, 5) is 18.2. The van der Waals surface area contributed by atoms with Crippen LogP contribution in [-0.4, -0.2) is 46.3 Å². The monoisotopic (exact) mass is 440 g/mol. The summed E-state index contributed by atoms with van der Waals surface area (Å²) in [5, 5.41) is 0. The summed E-state index contributed by atoms with van der Waals surface area (Å²) in [5.74, 6) is -0.458. The molecule has 2 aliphatic heterocycles. The first-order valence-electron chi connectivity index (χ1n) is 9.98. The first kappa shape index (κ1) is 21.6. The van der Waals surface area contributed by atoms with Gasteiger partial charge in [-0.05, 0) is 52.7 Å². The van der Waals surface area contributed by atoms with E-state index in [1.54, 1.807) is 12.3 Å². The second kappa shape index (κ2) is 7.20. The molecule has 2 aromatic heterocycles. The van der Waals surface area contributed by atoms with Crippen LogP contribution in [0.3, 0.4) is 0 Å². The number of alkyl halides is 3. The zero-order chi connectivity index (χ0) is 21.9. The first-order valence-corrected chi connectivity index (χ1v) is 10.8. The van der Waals surface area contributed by atoms with Gasteiger partial charge in [0.2, 0.25) is 5.91 Å². The molecule has 4 rings (SSSR count). The molecule has 2 aromatic rings. The molecule has 1 amide bonds.